The molecule has 2 aliphatic heterocycles. The van der Waals surface area contributed by atoms with Gasteiger partial charge in [0.25, 0.3) is 10.0 Å². The number of anilines is 2. The lowest BCUT2D eigenvalue weighted by Gasteiger charge is -2.38. The largest absolute Gasteiger partial charge is 0.340 e. The van der Waals surface area contributed by atoms with Gasteiger partial charge in [-0.2, -0.15) is 0 Å². The molecular formula is C29H39ClN4O4S. The topological polar surface area (TPSA) is 90.0 Å². The molecule has 39 heavy (non-hydrogen) atoms. The van der Waals surface area contributed by atoms with Crippen molar-refractivity contribution >= 4 is 44.8 Å². The van der Waals surface area contributed by atoms with Crippen LogP contribution in [0.15, 0.2) is 41.3 Å². The Bertz CT molecular complexity index is 1340. The quantitative estimate of drug-likeness (QED) is 0.488. The van der Waals surface area contributed by atoms with E-state index in [4.69, 9.17) is 11.6 Å². The van der Waals surface area contributed by atoms with E-state index in [1.165, 1.54) is 6.07 Å². The second kappa shape index (κ2) is 11.9. The molecule has 8 nitrogen and oxygen atoms in total. The molecule has 0 aliphatic carbocycles. The molecular weight excluding hydrogens is 536 g/mol. The van der Waals surface area contributed by atoms with Crippen molar-refractivity contribution in [3.05, 3.63) is 52.5 Å². The minimum atomic E-state index is -4.22. The molecule has 0 unspecified atom stereocenters. The third-order valence-corrected chi connectivity index (χ3v) is 10.3. The van der Waals surface area contributed by atoms with Crippen LogP contribution in [-0.2, 0) is 19.6 Å². The average Bonchev–Trinajstić information content (AvgIpc) is 2.87. The Labute approximate surface area is 237 Å². The Morgan fingerprint density at radius 1 is 1.13 bits per heavy atom. The predicted octanol–water partition coefficient (Wildman–Crippen LogP) is 4.83. The summed E-state index contributed by atoms with van der Waals surface area (Å²) in [4.78, 5) is 31.3. The number of hydrogen-bond donors (Lipinski definition) is 1. The first-order chi connectivity index (χ1) is 18.4. The van der Waals surface area contributed by atoms with E-state index in [0.717, 1.165) is 36.7 Å². The molecule has 2 aromatic rings. The van der Waals surface area contributed by atoms with E-state index >= 15 is 0 Å². The van der Waals surface area contributed by atoms with Crippen LogP contribution in [0.1, 0.15) is 50.7 Å². The van der Waals surface area contributed by atoms with Gasteiger partial charge in [-0.1, -0.05) is 23.7 Å². The van der Waals surface area contributed by atoms with Gasteiger partial charge in [0.05, 0.1) is 22.7 Å². The van der Waals surface area contributed by atoms with Crippen LogP contribution in [0.2, 0.25) is 5.02 Å². The van der Waals surface area contributed by atoms with E-state index in [1.54, 1.807) is 49.1 Å². The van der Waals surface area contributed by atoms with Gasteiger partial charge in [0, 0.05) is 17.6 Å². The smallest absolute Gasteiger partial charge is 0.265 e. The van der Waals surface area contributed by atoms with E-state index in [1.807, 2.05) is 13.8 Å². The van der Waals surface area contributed by atoms with Gasteiger partial charge in [0.15, 0.2) is 0 Å². The summed E-state index contributed by atoms with van der Waals surface area (Å²) in [5, 5.41) is 3.28. The minimum absolute atomic E-state index is 0.0642. The maximum atomic E-state index is 14.2. The average molecular weight is 575 g/mol. The Morgan fingerprint density at radius 2 is 1.79 bits per heavy atom. The fourth-order valence-electron chi connectivity index (χ4n) is 5.50. The molecule has 0 radical (unpaired) electrons. The lowest BCUT2D eigenvalue weighted by Crippen LogP contribution is -2.53. The normalized spacial score (nSPS) is 18.7. The molecule has 1 saturated heterocycles. The number of piperidine rings is 1. The molecule has 0 saturated carbocycles. The number of nitrogens with one attached hydrogen (secondary N) is 1. The molecule has 0 bridgehead atoms. The molecule has 4 rings (SSSR count). The number of amides is 2. The van der Waals surface area contributed by atoms with Gasteiger partial charge in [0.2, 0.25) is 11.8 Å². The summed E-state index contributed by atoms with van der Waals surface area (Å²) < 4.78 is 29.5. The summed E-state index contributed by atoms with van der Waals surface area (Å²) >= 11 is 6.26. The first kappa shape index (κ1) is 29.4. The highest BCUT2D eigenvalue weighted by molar-refractivity contribution is 7.93. The number of rotatable bonds is 8. The van der Waals surface area contributed by atoms with Crippen LogP contribution in [0.4, 0.5) is 11.4 Å². The van der Waals surface area contributed by atoms with Crippen LogP contribution in [0.3, 0.4) is 0 Å². The number of fused-ring (bicyclic) bond motifs is 1. The molecule has 2 heterocycles. The fraction of sp³-hybridized carbons (Fsp3) is 0.517. The van der Waals surface area contributed by atoms with E-state index in [0.29, 0.717) is 40.0 Å². The number of benzene rings is 2. The van der Waals surface area contributed by atoms with E-state index in [-0.39, 0.29) is 23.3 Å². The zero-order chi connectivity index (χ0) is 28.5. The van der Waals surface area contributed by atoms with Crippen molar-refractivity contribution in [2.45, 2.75) is 70.4 Å². The summed E-state index contributed by atoms with van der Waals surface area (Å²) in [6, 6.07) is 8.62. The van der Waals surface area contributed by atoms with Crippen molar-refractivity contribution in [2.24, 2.45) is 5.92 Å². The minimum Gasteiger partial charge on any atom is -0.340 e. The zero-order valence-corrected chi connectivity index (χ0v) is 25.0. The van der Waals surface area contributed by atoms with Crippen molar-refractivity contribution in [3.8, 4) is 0 Å². The van der Waals surface area contributed by atoms with Gasteiger partial charge in [-0.15, -0.1) is 0 Å². The SMILES string of the molecule is Cc1cc(S(=O)(=O)N2c3ccccc3NC(=O)[C@H]2CC(=O)N(CCC2CCN(C)CC2)C(C)C)c(C)cc1Cl. The number of sulfonamides is 1. The van der Waals surface area contributed by atoms with Crippen molar-refractivity contribution in [3.63, 3.8) is 0 Å². The molecule has 1 atom stereocenters. The highest BCUT2D eigenvalue weighted by Gasteiger charge is 2.43. The molecule has 2 aromatic carbocycles. The molecule has 1 N–H and O–H groups in total. The molecule has 10 heteroatoms. The van der Waals surface area contributed by atoms with Crippen LogP contribution < -0.4 is 9.62 Å². The Kier molecular flexibility index (Phi) is 8.93. The van der Waals surface area contributed by atoms with E-state index in [2.05, 4.69) is 17.3 Å². The standard InChI is InChI=1S/C29H39ClN4O4S/c1-19(2)33(15-12-22-10-13-32(5)14-11-22)28(35)18-26-29(36)31-24-8-6-7-9-25(24)34(26)39(37,38)27-17-20(3)23(30)16-21(27)4/h6-9,16-17,19,22,26H,10-15,18H2,1-5H3,(H,31,36)/t26-/m1/s1. The first-order valence-electron chi connectivity index (χ1n) is 13.6. The number of carbonyl (C=O) groups excluding carboxylic acids is 2. The Hall–Kier alpha value is -2.62. The van der Waals surface area contributed by atoms with Gasteiger partial charge >= 0.3 is 0 Å². The number of aryl methyl sites for hydroxylation is 2. The van der Waals surface area contributed by atoms with Gasteiger partial charge in [-0.3, -0.25) is 13.9 Å². The maximum Gasteiger partial charge on any atom is 0.265 e. The predicted molar refractivity (Wildman–Crippen MR) is 156 cm³/mol. The monoisotopic (exact) mass is 574 g/mol. The van der Waals surface area contributed by atoms with Crippen LogP contribution in [-0.4, -0.2) is 68.8 Å². The van der Waals surface area contributed by atoms with Gasteiger partial charge in [-0.25, -0.2) is 8.42 Å². The van der Waals surface area contributed by atoms with E-state index in [9.17, 15) is 18.0 Å². The molecule has 0 spiro atoms. The summed E-state index contributed by atoms with van der Waals surface area (Å²) in [7, 11) is -2.09. The Balaban J connectivity index is 1.65. The van der Waals surface area contributed by atoms with Crippen molar-refractivity contribution in [1.82, 2.24) is 9.80 Å². The van der Waals surface area contributed by atoms with Gasteiger partial charge in [0.1, 0.15) is 6.04 Å². The number of likely N-dealkylation sites (tertiary alicyclic amines) is 1. The van der Waals surface area contributed by atoms with Crippen LogP contribution in [0.25, 0.3) is 0 Å². The third-order valence-electron chi connectivity index (χ3n) is 7.91. The van der Waals surface area contributed by atoms with Crippen molar-refractivity contribution in [1.29, 1.82) is 0 Å². The lowest BCUT2D eigenvalue weighted by atomic mass is 9.93. The number of hydrogen-bond acceptors (Lipinski definition) is 5. The highest BCUT2D eigenvalue weighted by Crippen LogP contribution is 2.39. The first-order valence-corrected chi connectivity index (χ1v) is 15.4. The molecule has 1 fully saturated rings. The third kappa shape index (κ3) is 6.26. The zero-order valence-electron chi connectivity index (χ0n) is 23.4. The Morgan fingerprint density at radius 3 is 2.46 bits per heavy atom. The number of nitrogens with zero attached hydrogens (tertiary/aromatic N) is 3. The van der Waals surface area contributed by atoms with Crippen molar-refractivity contribution in [2.75, 3.05) is 36.3 Å². The maximum absolute atomic E-state index is 14.2. The fourth-order valence-corrected chi connectivity index (χ4v) is 7.64. The molecule has 0 aromatic heterocycles. The molecule has 2 aliphatic rings. The molecule has 2 amide bonds. The summed E-state index contributed by atoms with van der Waals surface area (Å²) in [5.74, 6) is -0.206. The van der Waals surface area contributed by atoms with Crippen LogP contribution >= 0.6 is 11.6 Å². The lowest BCUT2D eigenvalue weighted by molar-refractivity contribution is -0.135. The second-order valence-electron chi connectivity index (χ2n) is 11.1. The second-order valence-corrected chi connectivity index (χ2v) is 13.3. The summed E-state index contributed by atoms with van der Waals surface area (Å²) in [6.07, 6.45) is 2.84. The number of halogens is 1. The number of para-hydroxylation sites is 2. The van der Waals surface area contributed by atoms with E-state index < -0.39 is 22.0 Å². The van der Waals surface area contributed by atoms with Gasteiger partial charge in [-0.05, 0) is 108 Å². The number of carbonyl (C=O) groups is 2. The summed E-state index contributed by atoms with van der Waals surface area (Å²) in [5.41, 5.74) is 1.81. The summed E-state index contributed by atoms with van der Waals surface area (Å²) in [6.45, 7) is 10.0. The van der Waals surface area contributed by atoms with Crippen LogP contribution in [0, 0.1) is 19.8 Å². The van der Waals surface area contributed by atoms with Crippen LogP contribution in [0.5, 0.6) is 0 Å². The van der Waals surface area contributed by atoms with Crippen molar-refractivity contribution < 1.29 is 18.0 Å². The van der Waals surface area contributed by atoms with Gasteiger partial charge < -0.3 is 15.1 Å². The highest BCUT2D eigenvalue weighted by atomic mass is 35.5. The molecule has 212 valence electrons.